The number of thiazole rings is 1. The molecule has 120 valence electrons. The van der Waals surface area contributed by atoms with Crippen molar-refractivity contribution in [2.75, 3.05) is 5.32 Å². The van der Waals surface area contributed by atoms with Crippen molar-refractivity contribution < 1.29 is 9.59 Å². The largest absolute Gasteiger partial charge is 0.302 e. The Morgan fingerprint density at radius 2 is 2.05 bits per heavy atom. The van der Waals surface area contributed by atoms with Crippen LogP contribution >= 0.6 is 11.3 Å². The van der Waals surface area contributed by atoms with Gasteiger partial charge in [-0.25, -0.2) is 4.98 Å². The van der Waals surface area contributed by atoms with Crippen molar-refractivity contribution in [3.8, 4) is 0 Å². The minimum atomic E-state index is -0.0259. The number of fused-ring (bicyclic) bond motifs is 1. The van der Waals surface area contributed by atoms with Gasteiger partial charge in [0.15, 0.2) is 10.9 Å². The molecule has 1 aromatic heterocycles. The second-order valence-corrected chi connectivity index (χ2v) is 8.47. The summed E-state index contributed by atoms with van der Waals surface area (Å²) in [6, 6.07) is 0. The maximum atomic E-state index is 12.2. The topological polar surface area (TPSA) is 59.1 Å². The zero-order chi connectivity index (χ0) is 15.7. The fourth-order valence-corrected chi connectivity index (χ4v) is 4.53. The van der Waals surface area contributed by atoms with Crippen LogP contribution in [0.4, 0.5) is 5.13 Å². The van der Waals surface area contributed by atoms with Gasteiger partial charge in [0, 0.05) is 12.8 Å². The molecule has 3 rings (SSSR count). The first kappa shape index (κ1) is 15.7. The van der Waals surface area contributed by atoms with Crippen LogP contribution in [0.5, 0.6) is 0 Å². The maximum absolute atomic E-state index is 12.2. The molecular weight excluding hydrogens is 296 g/mol. The third-order valence-electron chi connectivity index (χ3n) is 4.74. The first-order chi connectivity index (χ1) is 10.4. The lowest BCUT2D eigenvalue weighted by atomic mass is 9.78. The summed E-state index contributed by atoms with van der Waals surface area (Å²) >= 11 is 1.34. The molecular formula is C17H24N2O2S. The Morgan fingerprint density at radius 1 is 1.32 bits per heavy atom. The molecule has 0 aliphatic heterocycles. The minimum absolute atomic E-state index is 0.0259. The van der Waals surface area contributed by atoms with Gasteiger partial charge in [0.25, 0.3) is 0 Å². The lowest BCUT2D eigenvalue weighted by molar-refractivity contribution is -0.116. The number of anilines is 1. The van der Waals surface area contributed by atoms with E-state index in [4.69, 9.17) is 0 Å². The molecule has 0 unspecified atom stereocenters. The Balaban J connectivity index is 1.59. The molecule has 0 saturated heterocycles. The van der Waals surface area contributed by atoms with Gasteiger partial charge in [0.2, 0.25) is 5.91 Å². The van der Waals surface area contributed by atoms with Gasteiger partial charge >= 0.3 is 0 Å². The van der Waals surface area contributed by atoms with E-state index in [9.17, 15) is 9.59 Å². The van der Waals surface area contributed by atoms with Crippen molar-refractivity contribution in [3.63, 3.8) is 0 Å². The molecule has 0 aromatic carbocycles. The highest BCUT2D eigenvalue weighted by Crippen LogP contribution is 2.38. The van der Waals surface area contributed by atoms with E-state index in [1.165, 1.54) is 37.0 Å². The van der Waals surface area contributed by atoms with E-state index in [0.29, 0.717) is 18.0 Å². The highest BCUT2D eigenvalue weighted by atomic mass is 32.1. The number of hydrogen-bond acceptors (Lipinski definition) is 4. The average molecular weight is 320 g/mol. The minimum Gasteiger partial charge on any atom is -0.302 e. The molecule has 0 atom stereocenters. The predicted octanol–water partition coefficient (Wildman–Crippen LogP) is 4.21. The number of aromatic nitrogens is 1. The number of carbonyl (C=O) groups excluding carboxylic acids is 2. The summed E-state index contributed by atoms with van der Waals surface area (Å²) in [5, 5.41) is 3.48. The van der Waals surface area contributed by atoms with Crippen LogP contribution in [-0.2, 0) is 11.2 Å². The van der Waals surface area contributed by atoms with Crippen molar-refractivity contribution in [1.29, 1.82) is 0 Å². The monoisotopic (exact) mass is 320 g/mol. The summed E-state index contributed by atoms with van der Waals surface area (Å²) in [6.07, 6.45) is 8.06. The Kier molecular flexibility index (Phi) is 4.35. The van der Waals surface area contributed by atoms with E-state index in [2.05, 4.69) is 24.1 Å². The number of carbonyl (C=O) groups is 2. The molecule has 1 heterocycles. The number of amides is 1. The maximum Gasteiger partial charge on any atom is 0.226 e. The lowest BCUT2D eigenvalue weighted by Gasteiger charge is -2.26. The molecule has 22 heavy (non-hydrogen) atoms. The third-order valence-corrected chi connectivity index (χ3v) is 5.79. The van der Waals surface area contributed by atoms with Crippen LogP contribution in [0.3, 0.4) is 0 Å². The van der Waals surface area contributed by atoms with Crippen LogP contribution in [0, 0.1) is 11.3 Å². The van der Waals surface area contributed by atoms with Gasteiger partial charge < -0.3 is 5.32 Å². The number of Topliss-reactive ketones (excluding diaryl/α,β-unsaturated/α-hetero) is 1. The van der Waals surface area contributed by atoms with Crippen LogP contribution in [0.15, 0.2) is 0 Å². The molecule has 1 saturated carbocycles. The van der Waals surface area contributed by atoms with Gasteiger partial charge in [-0.1, -0.05) is 50.9 Å². The van der Waals surface area contributed by atoms with Gasteiger partial charge in [0.1, 0.15) is 0 Å². The fraction of sp³-hybridized carbons (Fsp3) is 0.706. The molecule has 2 aliphatic rings. The lowest BCUT2D eigenvalue weighted by Crippen LogP contribution is -2.26. The zero-order valence-corrected chi connectivity index (χ0v) is 14.2. The van der Waals surface area contributed by atoms with Crippen molar-refractivity contribution in [2.24, 2.45) is 11.3 Å². The molecule has 0 spiro atoms. The number of nitrogens with one attached hydrogen (secondary N) is 1. The van der Waals surface area contributed by atoms with Crippen LogP contribution in [0.2, 0.25) is 0 Å². The zero-order valence-electron chi connectivity index (χ0n) is 13.4. The number of rotatable bonds is 4. The molecule has 5 heteroatoms. The second kappa shape index (κ2) is 6.11. The molecule has 0 bridgehead atoms. The molecule has 1 amide bonds. The van der Waals surface area contributed by atoms with Crippen molar-refractivity contribution >= 4 is 28.2 Å². The van der Waals surface area contributed by atoms with E-state index < -0.39 is 0 Å². The first-order valence-corrected chi connectivity index (χ1v) is 9.07. The van der Waals surface area contributed by atoms with Gasteiger partial charge in [0.05, 0.1) is 10.6 Å². The van der Waals surface area contributed by atoms with E-state index in [1.807, 2.05) is 0 Å². The Labute approximate surface area is 135 Å². The molecule has 2 aliphatic carbocycles. The van der Waals surface area contributed by atoms with Crippen LogP contribution in [-0.4, -0.2) is 16.7 Å². The van der Waals surface area contributed by atoms with E-state index >= 15 is 0 Å². The highest BCUT2D eigenvalue weighted by Gasteiger charge is 2.34. The quantitative estimate of drug-likeness (QED) is 0.904. The van der Waals surface area contributed by atoms with Gasteiger partial charge in [-0.15, -0.1) is 0 Å². The van der Waals surface area contributed by atoms with Gasteiger partial charge in [-0.3, -0.25) is 9.59 Å². The average Bonchev–Trinajstić information content (AvgIpc) is 3.04. The van der Waals surface area contributed by atoms with Gasteiger partial charge in [-0.2, -0.15) is 0 Å². The SMILES string of the molecule is CC1(C)CC(=O)c2sc(NC(=O)CCC3CCCC3)nc2C1. The second-order valence-electron chi connectivity index (χ2n) is 7.47. The normalized spacial score (nSPS) is 20.9. The summed E-state index contributed by atoms with van der Waals surface area (Å²) in [5.74, 6) is 0.914. The summed E-state index contributed by atoms with van der Waals surface area (Å²) in [5.41, 5.74) is 0.833. The summed E-state index contributed by atoms with van der Waals surface area (Å²) in [7, 11) is 0. The Morgan fingerprint density at radius 3 is 2.77 bits per heavy atom. The molecule has 0 radical (unpaired) electrons. The smallest absolute Gasteiger partial charge is 0.226 e. The summed E-state index contributed by atoms with van der Waals surface area (Å²) in [4.78, 5) is 29.4. The van der Waals surface area contributed by atoms with Crippen LogP contribution < -0.4 is 5.32 Å². The number of nitrogens with zero attached hydrogens (tertiary/aromatic N) is 1. The van der Waals surface area contributed by atoms with Crippen LogP contribution in [0.1, 0.15) is 74.2 Å². The predicted molar refractivity (Wildman–Crippen MR) is 88.4 cm³/mol. The highest BCUT2D eigenvalue weighted by molar-refractivity contribution is 7.17. The van der Waals surface area contributed by atoms with Crippen molar-refractivity contribution in [1.82, 2.24) is 4.98 Å². The summed E-state index contributed by atoms with van der Waals surface area (Å²) in [6.45, 7) is 4.18. The molecule has 1 N–H and O–H groups in total. The van der Waals surface area contributed by atoms with Crippen LogP contribution in [0.25, 0.3) is 0 Å². The molecule has 1 aromatic rings. The fourth-order valence-electron chi connectivity index (χ4n) is 3.59. The number of ketones is 1. The van der Waals surface area contributed by atoms with E-state index in [0.717, 1.165) is 29.3 Å². The third kappa shape index (κ3) is 3.57. The van der Waals surface area contributed by atoms with Crippen molar-refractivity contribution in [3.05, 3.63) is 10.6 Å². The van der Waals surface area contributed by atoms with Crippen molar-refractivity contribution in [2.45, 2.75) is 65.2 Å². The Bertz CT molecular complexity index is 585. The van der Waals surface area contributed by atoms with E-state index in [1.54, 1.807) is 0 Å². The standard InChI is InChI=1S/C17H24N2O2S/c1-17(2)9-12-15(13(20)10-17)22-16(18-12)19-14(21)8-7-11-5-3-4-6-11/h11H,3-10H2,1-2H3,(H,18,19,21). The summed E-state index contributed by atoms with van der Waals surface area (Å²) < 4.78 is 0. The molecule has 1 fully saturated rings. The first-order valence-electron chi connectivity index (χ1n) is 8.26. The Hall–Kier alpha value is -1.23. The number of hydrogen-bond donors (Lipinski definition) is 1. The molecule has 4 nitrogen and oxygen atoms in total. The van der Waals surface area contributed by atoms with Gasteiger partial charge in [-0.05, 0) is 24.2 Å². The van der Waals surface area contributed by atoms with E-state index in [-0.39, 0.29) is 17.1 Å².